The molecule has 0 spiro atoms. The van der Waals surface area contributed by atoms with E-state index < -0.39 is 12.3 Å². The van der Waals surface area contributed by atoms with E-state index in [1.54, 1.807) is 36.0 Å². The van der Waals surface area contributed by atoms with E-state index in [2.05, 4.69) is 16.7 Å². The summed E-state index contributed by atoms with van der Waals surface area (Å²) in [5.41, 5.74) is 6.60. The Morgan fingerprint density at radius 3 is 2.13 bits per heavy atom. The first kappa shape index (κ1) is 37.4. The average molecular weight is 753 g/mol. The van der Waals surface area contributed by atoms with Crippen molar-refractivity contribution in [3.8, 4) is 22.6 Å². The third kappa shape index (κ3) is 10.2. The Balaban J connectivity index is 0.973. The Hall–Kier alpha value is -5.91. The molecule has 3 atom stereocenters. The predicted molar refractivity (Wildman–Crippen MR) is 213 cm³/mol. The molecule has 1 fully saturated rings. The number of urea groups is 1. The molecule has 0 saturated carbocycles. The highest BCUT2D eigenvalue weighted by Gasteiger charge is 2.32. The van der Waals surface area contributed by atoms with Crippen LogP contribution in [-0.2, 0) is 22.6 Å². The Morgan fingerprint density at radius 1 is 0.709 bits per heavy atom. The number of carboxylic acid groups (broad SMARTS) is 1. The minimum absolute atomic E-state index is 0.0276. The highest BCUT2D eigenvalue weighted by molar-refractivity contribution is 7.99. The maximum Gasteiger partial charge on any atom is 0.335 e. The van der Waals surface area contributed by atoms with Gasteiger partial charge >= 0.3 is 12.0 Å². The molecule has 0 aliphatic carbocycles. The fraction of sp³-hybridized carbons (Fsp3) is 0.156. The Morgan fingerprint density at radius 2 is 1.42 bits per heavy atom. The number of nitrogens with one attached hydrogen (secondary N) is 2. The lowest BCUT2D eigenvalue weighted by Crippen LogP contribution is -2.31. The van der Waals surface area contributed by atoms with E-state index in [-0.39, 0.29) is 30.4 Å². The zero-order valence-corrected chi connectivity index (χ0v) is 30.7. The number of amides is 2. The maximum absolute atomic E-state index is 12.7. The zero-order chi connectivity index (χ0) is 38.0. The van der Waals surface area contributed by atoms with Gasteiger partial charge in [0.25, 0.3) is 0 Å². The summed E-state index contributed by atoms with van der Waals surface area (Å²) in [7, 11) is 0. The minimum Gasteiger partial charge on any atom is -0.478 e. The molecule has 278 valence electrons. The summed E-state index contributed by atoms with van der Waals surface area (Å²) < 4.78 is 18.9. The molecule has 2 amide bonds. The van der Waals surface area contributed by atoms with Crippen molar-refractivity contribution in [2.75, 3.05) is 11.1 Å². The number of anilines is 1. The highest BCUT2D eigenvalue weighted by atomic mass is 32.2. The van der Waals surface area contributed by atoms with Crippen molar-refractivity contribution in [2.45, 2.75) is 43.0 Å². The molecule has 7 rings (SSSR count). The molecule has 1 aliphatic rings. The number of ether oxygens (including phenoxy) is 3. The van der Waals surface area contributed by atoms with Gasteiger partial charge in [-0.2, -0.15) is 0 Å². The standard InChI is InChI=1S/C45H40N2O7S/c48-28-30-9-11-33(12-10-30)42-26-40(29-55-41-23-17-34(18-24-41)43(49)50)53-44(54-42)35-15-13-32(14-16-35)36-6-4-5-31(25-36)27-46-45(51)47-37-19-21-39(22-20-37)52-38-7-2-1-3-8-38/h1-25,40,42,44,48H,26-29H2,(H,49,50)(H2,46,47,51). The number of aliphatic hydroxyl groups excluding tert-OH is 1. The summed E-state index contributed by atoms with van der Waals surface area (Å²) in [6, 6.07) is 47.2. The summed E-state index contributed by atoms with van der Waals surface area (Å²) in [6.07, 6.45) is -0.325. The molecule has 1 heterocycles. The number of carboxylic acids is 1. The van der Waals surface area contributed by atoms with Crippen molar-refractivity contribution in [3.63, 3.8) is 0 Å². The first-order chi connectivity index (χ1) is 26.9. The molecular formula is C45H40N2O7S. The molecule has 10 heteroatoms. The number of aliphatic hydroxyl groups is 1. The van der Waals surface area contributed by atoms with E-state index in [0.717, 1.165) is 44.0 Å². The van der Waals surface area contributed by atoms with Gasteiger partial charge in [0.1, 0.15) is 11.5 Å². The number of aromatic carboxylic acids is 1. The average Bonchev–Trinajstić information content (AvgIpc) is 3.23. The lowest BCUT2D eigenvalue weighted by molar-refractivity contribution is -0.245. The SMILES string of the molecule is O=C(NCc1cccc(-c2ccc(C3OC(CSc4ccc(C(=O)O)cc4)CC(c4ccc(CO)cc4)O3)cc2)c1)Nc1ccc(Oc2ccccc2)cc1. The van der Waals surface area contributed by atoms with Gasteiger partial charge in [0, 0.05) is 34.9 Å². The number of hydrogen-bond donors (Lipinski definition) is 4. The molecule has 6 aromatic carbocycles. The highest BCUT2D eigenvalue weighted by Crippen LogP contribution is 2.40. The van der Waals surface area contributed by atoms with Crippen LogP contribution in [0.25, 0.3) is 11.1 Å². The molecule has 9 nitrogen and oxygen atoms in total. The van der Waals surface area contributed by atoms with Crippen molar-refractivity contribution in [1.82, 2.24) is 5.32 Å². The van der Waals surface area contributed by atoms with Gasteiger partial charge in [-0.1, -0.05) is 84.9 Å². The van der Waals surface area contributed by atoms with E-state index in [0.29, 0.717) is 30.2 Å². The number of carbonyl (C=O) groups is 2. The second-order valence-corrected chi connectivity index (χ2v) is 14.2. The molecule has 55 heavy (non-hydrogen) atoms. The van der Waals surface area contributed by atoms with Crippen LogP contribution in [0.3, 0.4) is 0 Å². The van der Waals surface area contributed by atoms with Gasteiger partial charge in [-0.25, -0.2) is 9.59 Å². The van der Waals surface area contributed by atoms with Crippen molar-refractivity contribution < 1.29 is 34.0 Å². The summed E-state index contributed by atoms with van der Waals surface area (Å²) >= 11 is 1.61. The summed E-state index contributed by atoms with van der Waals surface area (Å²) in [6.45, 7) is 0.320. The van der Waals surface area contributed by atoms with Crippen LogP contribution < -0.4 is 15.4 Å². The molecule has 4 N–H and O–H groups in total. The van der Waals surface area contributed by atoms with Gasteiger partial charge in [0.15, 0.2) is 6.29 Å². The molecule has 1 aliphatic heterocycles. The minimum atomic E-state index is -0.952. The zero-order valence-electron chi connectivity index (χ0n) is 29.8. The number of para-hydroxylation sites is 1. The summed E-state index contributed by atoms with van der Waals surface area (Å²) in [4.78, 5) is 25.0. The fourth-order valence-electron chi connectivity index (χ4n) is 6.19. The molecule has 0 aromatic heterocycles. The van der Waals surface area contributed by atoms with Crippen LogP contribution in [0, 0.1) is 0 Å². The van der Waals surface area contributed by atoms with E-state index in [1.165, 1.54) is 0 Å². The second-order valence-electron chi connectivity index (χ2n) is 13.1. The quantitative estimate of drug-likeness (QED) is 0.0860. The van der Waals surface area contributed by atoms with E-state index in [9.17, 15) is 19.8 Å². The van der Waals surface area contributed by atoms with Gasteiger partial charge in [-0.05, 0) is 94.5 Å². The van der Waals surface area contributed by atoms with E-state index >= 15 is 0 Å². The molecule has 0 bridgehead atoms. The third-order valence-corrected chi connectivity index (χ3v) is 10.3. The van der Waals surface area contributed by atoms with Gasteiger partial charge in [-0.15, -0.1) is 11.8 Å². The molecule has 0 radical (unpaired) electrons. The van der Waals surface area contributed by atoms with E-state index in [4.69, 9.17) is 14.2 Å². The van der Waals surface area contributed by atoms with E-state index in [1.807, 2.05) is 121 Å². The van der Waals surface area contributed by atoms with Crippen LogP contribution >= 0.6 is 11.8 Å². The van der Waals surface area contributed by atoms with Crippen LogP contribution in [0.2, 0.25) is 0 Å². The van der Waals surface area contributed by atoms with Crippen LogP contribution in [0.4, 0.5) is 10.5 Å². The number of benzene rings is 6. The first-order valence-corrected chi connectivity index (χ1v) is 18.9. The van der Waals surface area contributed by atoms with Crippen molar-refractivity contribution >= 4 is 29.4 Å². The number of thioether (sulfide) groups is 1. The molecule has 3 unspecified atom stereocenters. The number of hydrogen-bond acceptors (Lipinski definition) is 7. The van der Waals surface area contributed by atoms with Gasteiger partial charge in [0.05, 0.1) is 24.4 Å². The normalized spacial score (nSPS) is 16.6. The van der Waals surface area contributed by atoms with Crippen LogP contribution in [0.15, 0.2) is 157 Å². The van der Waals surface area contributed by atoms with Gasteiger partial charge in [0.2, 0.25) is 0 Å². The Labute approximate surface area is 323 Å². The second kappa shape index (κ2) is 17.9. The molecule has 1 saturated heterocycles. The van der Waals surface area contributed by atoms with Crippen LogP contribution in [0.5, 0.6) is 11.5 Å². The smallest absolute Gasteiger partial charge is 0.335 e. The predicted octanol–water partition coefficient (Wildman–Crippen LogP) is 10.00. The number of rotatable bonds is 13. The topological polar surface area (TPSA) is 126 Å². The molecular weight excluding hydrogens is 713 g/mol. The largest absolute Gasteiger partial charge is 0.478 e. The first-order valence-electron chi connectivity index (χ1n) is 17.9. The summed E-state index contributed by atoms with van der Waals surface area (Å²) in [5, 5.41) is 24.6. The maximum atomic E-state index is 12.7. The Kier molecular flexibility index (Phi) is 12.2. The monoisotopic (exact) mass is 752 g/mol. The molecule has 6 aromatic rings. The fourth-order valence-corrected chi connectivity index (χ4v) is 7.11. The van der Waals surface area contributed by atoms with Crippen LogP contribution in [0.1, 0.15) is 51.4 Å². The van der Waals surface area contributed by atoms with Gasteiger partial charge < -0.3 is 35.1 Å². The van der Waals surface area contributed by atoms with Crippen molar-refractivity contribution in [1.29, 1.82) is 0 Å². The van der Waals surface area contributed by atoms with Crippen molar-refractivity contribution in [2.24, 2.45) is 0 Å². The summed E-state index contributed by atoms with van der Waals surface area (Å²) in [5.74, 6) is 1.13. The lowest BCUT2D eigenvalue weighted by Gasteiger charge is -2.36. The third-order valence-electron chi connectivity index (χ3n) is 9.14. The van der Waals surface area contributed by atoms with Crippen molar-refractivity contribution in [3.05, 3.63) is 179 Å². The Bertz CT molecular complexity index is 2180. The lowest BCUT2D eigenvalue weighted by atomic mass is 9.99. The van der Waals surface area contributed by atoms with Gasteiger partial charge in [-0.3, -0.25) is 0 Å². The number of carbonyl (C=O) groups excluding carboxylic acids is 1. The van der Waals surface area contributed by atoms with Crippen LogP contribution in [-0.4, -0.2) is 34.1 Å².